The molecule has 1 amide bonds. The van der Waals surface area contributed by atoms with Crippen molar-refractivity contribution in [3.8, 4) is 0 Å². The number of hydrogen-bond acceptors (Lipinski definition) is 3. The van der Waals surface area contributed by atoms with E-state index in [1.165, 1.54) is 6.92 Å². The standard InChI is InChI=1S/C12H19N5O/c1-3-7-14-12(17-13)16-11-6-4-5-10(8-11)15-9(2)18/h4-6,8H,3,7,13H2,1-2H3,(H,15,18)(H2,14,16,17). The number of carbonyl (C=O) groups excluding carboxylic acids is 1. The molecule has 6 heteroatoms. The van der Waals surface area contributed by atoms with Gasteiger partial charge in [-0.2, -0.15) is 0 Å². The van der Waals surface area contributed by atoms with Crippen molar-refractivity contribution in [2.75, 3.05) is 17.2 Å². The lowest BCUT2D eigenvalue weighted by molar-refractivity contribution is -0.114. The molecule has 0 saturated carbocycles. The molecule has 0 radical (unpaired) electrons. The van der Waals surface area contributed by atoms with Crippen LogP contribution >= 0.6 is 0 Å². The van der Waals surface area contributed by atoms with Crippen LogP contribution in [0.5, 0.6) is 0 Å². The number of nitrogens with two attached hydrogens (primary N) is 1. The number of benzene rings is 1. The third-order valence-electron chi connectivity index (χ3n) is 2.08. The van der Waals surface area contributed by atoms with Gasteiger partial charge in [-0.25, -0.2) is 5.84 Å². The molecule has 0 aliphatic rings. The Kier molecular flexibility index (Phi) is 5.66. The van der Waals surface area contributed by atoms with Crippen LogP contribution in [0.3, 0.4) is 0 Å². The Balaban J connectivity index is 2.74. The van der Waals surface area contributed by atoms with Gasteiger partial charge in [0.1, 0.15) is 0 Å². The van der Waals surface area contributed by atoms with Crippen molar-refractivity contribution < 1.29 is 4.79 Å². The zero-order chi connectivity index (χ0) is 13.4. The molecule has 0 atom stereocenters. The van der Waals surface area contributed by atoms with Crippen molar-refractivity contribution in [2.24, 2.45) is 10.8 Å². The van der Waals surface area contributed by atoms with Crippen molar-refractivity contribution in [1.82, 2.24) is 5.43 Å². The van der Waals surface area contributed by atoms with Crippen molar-refractivity contribution in [2.45, 2.75) is 20.3 Å². The van der Waals surface area contributed by atoms with Crippen LogP contribution in [0.1, 0.15) is 20.3 Å². The molecule has 0 unspecified atom stereocenters. The van der Waals surface area contributed by atoms with Gasteiger partial charge in [0, 0.05) is 24.8 Å². The lowest BCUT2D eigenvalue weighted by Gasteiger charge is -2.10. The normalized spacial score (nSPS) is 10.9. The van der Waals surface area contributed by atoms with E-state index in [0.717, 1.165) is 17.8 Å². The number of nitrogens with zero attached hydrogens (tertiary/aromatic N) is 1. The molecule has 0 heterocycles. The van der Waals surface area contributed by atoms with Gasteiger partial charge in [-0.15, -0.1) is 0 Å². The first-order valence-corrected chi connectivity index (χ1v) is 5.81. The van der Waals surface area contributed by atoms with Gasteiger partial charge in [0.25, 0.3) is 0 Å². The van der Waals surface area contributed by atoms with Crippen molar-refractivity contribution in [3.05, 3.63) is 24.3 Å². The number of hydrazine groups is 1. The fraction of sp³-hybridized carbons (Fsp3) is 0.333. The van der Waals surface area contributed by atoms with Crippen LogP contribution < -0.4 is 21.9 Å². The second kappa shape index (κ2) is 7.29. The van der Waals surface area contributed by atoms with Crippen LogP contribution in [0.15, 0.2) is 29.3 Å². The summed E-state index contributed by atoms with van der Waals surface area (Å²) in [6.07, 6.45) is 0.943. The molecule has 0 fully saturated rings. The van der Waals surface area contributed by atoms with Crippen LogP contribution in [0.4, 0.5) is 11.4 Å². The smallest absolute Gasteiger partial charge is 0.221 e. The predicted molar refractivity (Wildman–Crippen MR) is 74.3 cm³/mol. The van der Waals surface area contributed by atoms with Gasteiger partial charge in [-0.05, 0) is 24.6 Å². The lowest BCUT2D eigenvalue weighted by Crippen LogP contribution is -2.36. The van der Waals surface area contributed by atoms with Gasteiger partial charge >= 0.3 is 0 Å². The molecule has 1 rings (SSSR count). The Morgan fingerprint density at radius 1 is 1.33 bits per heavy atom. The maximum atomic E-state index is 11.0. The predicted octanol–water partition coefficient (Wildman–Crippen LogP) is 1.29. The summed E-state index contributed by atoms with van der Waals surface area (Å²) < 4.78 is 0. The van der Waals surface area contributed by atoms with E-state index in [1.54, 1.807) is 6.07 Å². The molecule has 0 spiro atoms. The first-order chi connectivity index (χ1) is 8.65. The molecule has 18 heavy (non-hydrogen) atoms. The van der Waals surface area contributed by atoms with E-state index in [1.807, 2.05) is 25.1 Å². The number of guanidine groups is 1. The first kappa shape index (κ1) is 14.0. The fourth-order valence-corrected chi connectivity index (χ4v) is 1.36. The lowest BCUT2D eigenvalue weighted by atomic mass is 10.2. The highest BCUT2D eigenvalue weighted by molar-refractivity contribution is 5.94. The largest absolute Gasteiger partial charge is 0.326 e. The summed E-state index contributed by atoms with van der Waals surface area (Å²) in [7, 11) is 0. The molecule has 98 valence electrons. The van der Waals surface area contributed by atoms with Crippen molar-refractivity contribution >= 4 is 23.2 Å². The topological polar surface area (TPSA) is 91.5 Å². The second-order valence-corrected chi connectivity index (χ2v) is 3.76. The molecule has 5 N–H and O–H groups in total. The second-order valence-electron chi connectivity index (χ2n) is 3.76. The van der Waals surface area contributed by atoms with E-state index in [4.69, 9.17) is 5.84 Å². The van der Waals surface area contributed by atoms with Gasteiger partial charge in [0.15, 0.2) is 0 Å². The highest BCUT2D eigenvalue weighted by atomic mass is 16.1. The molecule has 0 aliphatic carbocycles. The average molecular weight is 249 g/mol. The molecule has 0 bridgehead atoms. The Labute approximate surface area is 107 Å². The molecule has 1 aromatic rings. The highest BCUT2D eigenvalue weighted by Crippen LogP contribution is 2.14. The minimum absolute atomic E-state index is 0.107. The van der Waals surface area contributed by atoms with Gasteiger partial charge in [0.05, 0.1) is 0 Å². The summed E-state index contributed by atoms with van der Waals surface area (Å²) >= 11 is 0. The molecule has 6 nitrogen and oxygen atoms in total. The molecule has 0 saturated heterocycles. The monoisotopic (exact) mass is 249 g/mol. The van der Waals surface area contributed by atoms with E-state index in [9.17, 15) is 4.79 Å². The quantitative estimate of drug-likeness (QED) is 0.280. The minimum atomic E-state index is -0.107. The maximum Gasteiger partial charge on any atom is 0.221 e. The number of amides is 1. The molecular weight excluding hydrogens is 230 g/mol. The van der Waals surface area contributed by atoms with Crippen molar-refractivity contribution in [3.63, 3.8) is 0 Å². The Hall–Kier alpha value is -2.08. The van der Waals surface area contributed by atoms with E-state index < -0.39 is 0 Å². The molecule has 1 aromatic carbocycles. The summed E-state index contributed by atoms with van der Waals surface area (Å²) in [6, 6.07) is 7.32. The molecule has 0 aromatic heterocycles. The summed E-state index contributed by atoms with van der Waals surface area (Å²) in [5.41, 5.74) is 4.02. The van der Waals surface area contributed by atoms with E-state index in [2.05, 4.69) is 21.1 Å². The van der Waals surface area contributed by atoms with Crippen LogP contribution in [0, 0.1) is 0 Å². The van der Waals surface area contributed by atoms with E-state index in [0.29, 0.717) is 12.5 Å². The zero-order valence-corrected chi connectivity index (χ0v) is 10.7. The third kappa shape index (κ3) is 4.84. The van der Waals surface area contributed by atoms with Gasteiger partial charge in [-0.1, -0.05) is 13.0 Å². The van der Waals surface area contributed by atoms with Crippen LogP contribution in [0.25, 0.3) is 0 Å². The average Bonchev–Trinajstić information content (AvgIpc) is 2.34. The van der Waals surface area contributed by atoms with E-state index >= 15 is 0 Å². The number of nitrogens with one attached hydrogen (secondary N) is 3. The van der Waals surface area contributed by atoms with Gasteiger partial charge in [-0.3, -0.25) is 15.2 Å². The summed E-state index contributed by atoms with van der Waals surface area (Å²) in [4.78, 5) is 15.2. The number of hydrogen-bond donors (Lipinski definition) is 4. The SMILES string of the molecule is CCCN=C(NN)Nc1cccc(NC(C)=O)c1. The number of aliphatic imine (C=N–C) groups is 1. The zero-order valence-electron chi connectivity index (χ0n) is 10.7. The molecule has 0 aliphatic heterocycles. The third-order valence-corrected chi connectivity index (χ3v) is 2.08. The van der Waals surface area contributed by atoms with Crippen LogP contribution in [0.2, 0.25) is 0 Å². The number of anilines is 2. The first-order valence-electron chi connectivity index (χ1n) is 5.81. The Morgan fingerprint density at radius 2 is 2.00 bits per heavy atom. The van der Waals surface area contributed by atoms with Crippen molar-refractivity contribution in [1.29, 1.82) is 0 Å². The Morgan fingerprint density at radius 3 is 2.56 bits per heavy atom. The summed E-state index contributed by atoms with van der Waals surface area (Å²) in [6.45, 7) is 4.20. The van der Waals surface area contributed by atoms with Gasteiger partial charge < -0.3 is 10.6 Å². The maximum absolute atomic E-state index is 11.0. The van der Waals surface area contributed by atoms with Crippen LogP contribution in [-0.4, -0.2) is 18.4 Å². The number of carbonyl (C=O) groups is 1. The minimum Gasteiger partial charge on any atom is -0.326 e. The summed E-state index contributed by atoms with van der Waals surface area (Å²) in [5, 5.41) is 5.75. The van der Waals surface area contributed by atoms with Gasteiger partial charge in [0.2, 0.25) is 11.9 Å². The Bertz CT molecular complexity index is 430. The highest BCUT2D eigenvalue weighted by Gasteiger charge is 2.00. The van der Waals surface area contributed by atoms with E-state index in [-0.39, 0.29) is 5.91 Å². The fourth-order valence-electron chi connectivity index (χ4n) is 1.36. The van der Waals surface area contributed by atoms with Crippen LogP contribution in [-0.2, 0) is 4.79 Å². The summed E-state index contributed by atoms with van der Waals surface area (Å²) in [5.74, 6) is 5.76. The number of rotatable bonds is 4. The molecular formula is C12H19N5O.